The number of aromatic nitrogens is 4. The third kappa shape index (κ3) is 4.97. The van der Waals surface area contributed by atoms with Gasteiger partial charge in [0.15, 0.2) is 5.82 Å². The summed E-state index contributed by atoms with van der Waals surface area (Å²) in [5.41, 5.74) is 2.19. The number of nitrogens with one attached hydrogen (secondary N) is 1. The van der Waals surface area contributed by atoms with Crippen molar-refractivity contribution in [2.75, 3.05) is 43.2 Å². The Morgan fingerprint density at radius 2 is 1.92 bits per heavy atom. The van der Waals surface area contributed by atoms with E-state index in [1.165, 1.54) is 30.9 Å². The smallest absolute Gasteiger partial charge is 0.295 e. The number of imidazole rings is 1. The molecule has 12 nitrogen and oxygen atoms in total. The highest BCUT2D eigenvalue weighted by Gasteiger charge is 2.31. The number of anilines is 2. The molecule has 0 radical (unpaired) electrons. The lowest BCUT2D eigenvalue weighted by molar-refractivity contribution is -0.126. The van der Waals surface area contributed by atoms with Crippen molar-refractivity contribution < 1.29 is 14.3 Å². The van der Waals surface area contributed by atoms with E-state index in [1.807, 2.05) is 41.1 Å². The molecular formula is C27H29N9O3. The molecule has 0 atom stereocenters. The molecule has 3 aromatic heterocycles. The number of ether oxygens (including phenoxy) is 1. The van der Waals surface area contributed by atoms with E-state index in [4.69, 9.17) is 10.6 Å². The molecule has 12 heteroatoms. The molecule has 1 saturated heterocycles. The minimum atomic E-state index is -0.643. The van der Waals surface area contributed by atoms with Gasteiger partial charge in [0, 0.05) is 56.2 Å². The SMILES string of the molecule is C=C(C)N=CN(N)c1ncc(OC)c2c(C(=O)C(=O)N3CCN(c4nccn4-c4ccccc4)CC3)c[nH]c12. The number of hydrazine groups is 1. The van der Waals surface area contributed by atoms with Crippen molar-refractivity contribution in [1.82, 2.24) is 24.4 Å². The van der Waals surface area contributed by atoms with Gasteiger partial charge < -0.3 is 19.5 Å². The number of allylic oxidation sites excluding steroid dienone is 1. The van der Waals surface area contributed by atoms with Crippen LogP contribution in [-0.2, 0) is 4.79 Å². The average Bonchev–Trinajstić information content (AvgIpc) is 3.63. The Bertz CT molecular complexity index is 1550. The fourth-order valence-electron chi connectivity index (χ4n) is 4.54. The molecule has 4 heterocycles. The van der Waals surface area contributed by atoms with Gasteiger partial charge in [-0.25, -0.2) is 25.8 Å². The van der Waals surface area contributed by atoms with Crippen molar-refractivity contribution >= 4 is 40.7 Å². The lowest BCUT2D eigenvalue weighted by Gasteiger charge is -2.35. The number of hydrogen-bond acceptors (Lipinski definition) is 8. The lowest BCUT2D eigenvalue weighted by atomic mass is 10.1. The number of rotatable bonds is 8. The first kappa shape index (κ1) is 25.7. The number of piperazine rings is 1. The molecular weight excluding hydrogens is 498 g/mol. The first-order chi connectivity index (χ1) is 18.9. The quantitative estimate of drug-likeness (QED) is 0.0890. The molecule has 0 bridgehead atoms. The lowest BCUT2D eigenvalue weighted by Crippen LogP contribution is -2.51. The van der Waals surface area contributed by atoms with E-state index < -0.39 is 11.7 Å². The number of ketones is 1. The van der Waals surface area contributed by atoms with Crippen molar-refractivity contribution in [2.24, 2.45) is 10.8 Å². The first-order valence-electron chi connectivity index (χ1n) is 12.3. The second-order valence-corrected chi connectivity index (χ2v) is 9.03. The van der Waals surface area contributed by atoms with E-state index >= 15 is 0 Å². The molecule has 1 amide bonds. The number of benzene rings is 1. The summed E-state index contributed by atoms with van der Waals surface area (Å²) in [6, 6.07) is 9.93. The van der Waals surface area contributed by atoms with Gasteiger partial charge >= 0.3 is 0 Å². The van der Waals surface area contributed by atoms with Crippen molar-refractivity contribution in [3.63, 3.8) is 0 Å². The second-order valence-electron chi connectivity index (χ2n) is 9.03. The number of carbonyl (C=O) groups is 2. The van der Waals surface area contributed by atoms with Crippen molar-refractivity contribution in [2.45, 2.75) is 6.92 Å². The summed E-state index contributed by atoms with van der Waals surface area (Å²) in [6.45, 7) is 7.29. The van der Waals surface area contributed by atoms with Gasteiger partial charge in [0.25, 0.3) is 11.7 Å². The monoisotopic (exact) mass is 527 g/mol. The summed E-state index contributed by atoms with van der Waals surface area (Å²) in [6.07, 6.45) is 7.96. The number of Topliss-reactive ketones (excluding diaryl/α,β-unsaturated/α-hetero) is 1. The fourth-order valence-corrected chi connectivity index (χ4v) is 4.54. The molecule has 0 spiro atoms. The Morgan fingerprint density at radius 3 is 2.62 bits per heavy atom. The summed E-state index contributed by atoms with van der Waals surface area (Å²) in [5, 5.41) is 1.63. The molecule has 39 heavy (non-hydrogen) atoms. The number of aromatic amines is 1. The minimum absolute atomic E-state index is 0.183. The van der Waals surface area contributed by atoms with Crippen LogP contribution >= 0.6 is 0 Å². The number of carbonyl (C=O) groups excluding carboxylic acids is 2. The molecule has 1 aliphatic rings. The summed E-state index contributed by atoms with van der Waals surface area (Å²) in [4.78, 5) is 46.4. The van der Waals surface area contributed by atoms with E-state index in [9.17, 15) is 9.59 Å². The largest absolute Gasteiger partial charge is 0.494 e. The van der Waals surface area contributed by atoms with Gasteiger partial charge in [0.1, 0.15) is 12.1 Å². The average molecular weight is 528 g/mol. The number of fused-ring (bicyclic) bond motifs is 1. The van der Waals surface area contributed by atoms with Gasteiger partial charge in [-0.3, -0.25) is 14.2 Å². The third-order valence-corrected chi connectivity index (χ3v) is 6.47. The molecule has 0 saturated carbocycles. The Balaban J connectivity index is 1.34. The van der Waals surface area contributed by atoms with Crippen molar-refractivity contribution in [3.8, 4) is 11.4 Å². The molecule has 0 unspecified atom stereocenters. The molecule has 200 valence electrons. The molecule has 1 aromatic carbocycles. The van der Waals surface area contributed by atoms with Crippen LogP contribution in [0.15, 0.2) is 72.4 Å². The van der Waals surface area contributed by atoms with Crippen LogP contribution in [0.4, 0.5) is 11.8 Å². The van der Waals surface area contributed by atoms with Gasteiger partial charge in [-0.2, -0.15) is 0 Å². The summed E-state index contributed by atoms with van der Waals surface area (Å²) in [7, 11) is 1.47. The molecule has 1 aliphatic heterocycles. The van der Waals surface area contributed by atoms with Gasteiger partial charge in [-0.1, -0.05) is 24.8 Å². The maximum Gasteiger partial charge on any atom is 0.295 e. The Kier molecular flexibility index (Phi) is 7.10. The van der Waals surface area contributed by atoms with Gasteiger partial charge in [-0.15, -0.1) is 0 Å². The van der Waals surface area contributed by atoms with Crippen LogP contribution in [0, 0.1) is 0 Å². The number of aliphatic imine (C=N–C) groups is 1. The highest BCUT2D eigenvalue weighted by molar-refractivity contribution is 6.45. The predicted molar refractivity (Wildman–Crippen MR) is 149 cm³/mol. The van der Waals surface area contributed by atoms with Crippen LogP contribution in [0.5, 0.6) is 5.75 Å². The maximum atomic E-state index is 13.4. The number of amides is 1. The predicted octanol–water partition coefficient (Wildman–Crippen LogP) is 2.53. The summed E-state index contributed by atoms with van der Waals surface area (Å²) in [5.74, 6) is 6.33. The number of para-hydroxylation sites is 1. The van der Waals surface area contributed by atoms with Crippen LogP contribution in [0.3, 0.4) is 0 Å². The van der Waals surface area contributed by atoms with E-state index in [1.54, 1.807) is 18.0 Å². The van der Waals surface area contributed by atoms with E-state index in [2.05, 4.69) is 31.4 Å². The standard InChI is InChI=1S/C27H29N9O3/c1-18(2)32-17-36(28)25-23-22(21(39-3)16-31-25)20(15-30-23)24(37)26(38)33-11-13-34(14-12-33)27-29-9-10-35(27)19-7-5-4-6-8-19/h4-10,15-17,30H,1,11-14,28H2,2-3H3. The number of nitrogens with zero attached hydrogens (tertiary/aromatic N) is 7. The maximum absolute atomic E-state index is 13.4. The topological polar surface area (TPSA) is 138 Å². The van der Waals surface area contributed by atoms with E-state index in [-0.39, 0.29) is 5.56 Å². The minimum Gasteiger partial charge on any atom is -0.494 e. The zero-order chi connectivity index (χ0) is 27.5. The number of hydrogen-bond donors (Lipinski definition) is 2. The molecule has 4 aromatic rings. The summed E-state index contributed by atoms with van der Waals surface area (Å²) < 4.78 is 7.46. The van der Waals surface area contributed by atoms with Crippen LogP contribution < -0.4 is 20.5 Å². The first-order valence-corrected chi connectivity index (χ1v) is 12.3. The van der Waals surface area contributed by atoms with E-state index in [0.717, 1.165) is 11.6 Å². The molecule has 3 N–H and O–H groups in total. The van der Waals surface area contributed by atoms with Crippen molar-refractivity contribution in [3.05, 3.63) is 73.0 Å². The highest BCUT2D eigenvalue weighted by Crippen LogP contribution is 2.33. The molecule has 1 fully saturated rings. The number of H-pyrrole nitrogens is 1. The van der Waals surface area contributed by atoms with Gasteiger partial charge in [-0.05, 0) is 19.1 Å². The second kappa shape index (κ2) is 10.8. The van der Waals surface area contributed by atoms with E-state index in [0.29, 0.717) is 54.3 Å². The third-order valence-electron chi connectivity index (χ3n) is 6.47. The Labute approximate surface area is 225 Å². The van der Waals surface area contributed by atoms with Crippen LogP contribution in [0.2, 0.25) is 0 Å². The number of nitrogens with two attached hydrogens (primary N) is 1. The van der Waals surface area contributed by atoms with Gasteiger partial charge in [0.05, 0.1) is 29.8 Å². The Hall–Kier alpha value is -4.97. The normalized spacial score (nSPS) is 13.7. The number of methoxy groups -OCH3 is 1. The zero-order valence-electron chi connectivity index (χ0n) is 21.7. The van der Waals surface area contributed by atoms with Gasteiger partial charge in [0.2, 0.25) is 5.95 Å². The summed E-state index contributed by atoms with van der Waals surface area (Å²) >= 11 is 0. The number of pyridine rings is 1. The van der Waals surface area contributed by atoms with Crippen LogP contribution in [0.25, 0.3) is 16.6 Å². The van der Waals surface area contributed by atoms with Crippen molar-refractivity contribution in [1.29, 1.82) is 0 Å². The fraction of sp³-hybridized carbons (Fsp3) is 0.222. The zero-order valence-corrected chi connectivity index (χ0v) is 21.7. The molecule has 0 aliphatic carbocycles. The Morgan fingerprint density at radius 1 is 1.18 bits per heavy atom. The van der Waals surface area contributed by atoms with Crippen LogP contribution in [-0.4, -0.2) is 75.7 Å². The van der Waals surface area contributed by atoms with Crippen LogP contribution in [0.1, 0.15) is 17.3 Å². The highest BCUT2D eigenvalue weighted by atomic mass is 16.5. The molecule has 5 rings (SSSR count).